The number of aryl methyl sites for hydroxylation is 2. The average molecular weight is 1160 g/mol. The fourth-order valence-electron chi connectivity index (χ4n) is 10.5. The minimum absolute atomic E-state index is 0.0264. The first kappa shape index (κ1) is 58.2. The fraction of sp³-hybridized carbons (Fsp3) is 0.448. The number of piperazine rings is 1. The van der Waals surface area contributed by atoms with Crippen molar-refractivity contribution in [1.29, 1.82) is 0 Å². The predicted octanol–water partition coefficient (Wildman–Crippen LogP) is 5.28. The minimum atomic E-state index is -0.983. The molecule has 4 atom stereocenters. The molecule has 10 rings (SSSR count). The molecule has 1 saturated carbocycles. The highest BCUT2D eigenvalue weighted by atomic mass is 32.1. The Morgan fingerprint density at radius 2 is 1.65 bits per heavy atom. The third kappa shape index (κ3) is 14.3. The van der Waals surface area contributed by atoms with E-state index in [-0.39, 0.29) is 106 Å². The monoisotopic (exact) mass is 1160 g/mol. The number of fused-ring (bicyclic) bond motifs is 1. The number of anilines is 2. The minimum Gasteiger partial charge on any atom is -0.391 e. The lowest BCUT2D eigenvalue weighted by Gasteiger charge is -2.34. The molecule has 23 nitrogen and oxygen atoms in total. The van der Waals surface area contributed by atoms with Crippen molar-refractivity contribution in [3.8, 4) is 21.7 Å². The normalized spacial score (nSPS) is 17.2. The standard InChI is InChI=1S/C58H69FN14O9S/c1-34(2)52(49-23-35(3)69-82-49)58(79)73-30-42(74)25-47(73)56(77)68-45(37-7-9-39(10-8-37)53-36(4)63-33-83-53)26-50(75)60-13-19-80-21-22-81-20-14-61-51(76)32-70-15-17-71(18-16-70)57(78)40-11-12-44(43(59)24-40)66-54-55-62-29-48(41-27-64-65-28-41)72(55)31-46(67-54)38-5-6-38/h7-12,23-24,27-29,31,33-34,38,42,45,47,52,74H,5-6,13-22,25-26,30,32H2,1-4H3,(H,60,75)(H,61,76)(H,64,65)(H,66,67)(H,68,77)/t42-,45+,47+,52-/m1/s1. The predicted molar refractivity (Wildman–Crippen MR) is 305 cm³/mol. The Kier molecular flexibility index (Phi) is 18.6. The van der Waals surface area contributed by atoms with Crippen molar-refractivity contribution in [1.82, 2.24) is 65.4 Å². The molecule has 2 aliphatic heterocycles. The molecule has 1 aliphatic carbocycles. The topological polar surface area (TPSA) is 280 Å². The number of carbonyl (C=O) groups is 5. The molecule has 0 radical (unpaired) electrons. The number of aromatic nitrogens is 7. The van der Waals surface area contributed by atoms with Gasteiger partial charge in [0.05, 0.1) is 103 Å². The van der Waals surface area contributed by atoms with Gasteiger partial charge < -0.3 is 50.2 Å². The molecular formula is C58H69FN14O9S. The van der Waals surface area contributed by atoms with Crippen molar-refractivity contribution in [2.45, 2.75) is 83.4 Å². The molecule has 0 spiro atoms. The van der Waals surface area contributed by atoms with E-state index >= 15 is 4.39 Å². The summed E-state index contributed by atoms with van der Waals surface area (Å²) in [6.45, 7) is 10.7. The van der Waals surface area contributed by atoms with E-state index in [2.05, 4.69) is 46.6 Å². The molecule has 0 bridgehead atoms. The van der Waals surface area contributed by atoms with Crippen molar-refractivity contribution < 1.29 is 47.5 Å². The van der Waals surface area contributed by atoms with Crippen molar-refractivity contribution in [2.75, 3.05) is 84.1 Å². The summed E-state index contributed by atoms with van der Waals surface area (Å²) in [5.41, 5.74) is 8.42. The zero-order valence-electron chi connectivity index (χ0n) is 46.8. The SMILES string of the molecule is Cc1cc([C@H](C(=O)N2C[C@H](O)C[C@H]2C(=O)N[C@@H](CC(=O)NCCOCCOCCNC(=O)CN2CCN(C(=O)c3ccc(Nc4nc(C5CC5)cn5c(-c6cn[nH]c6)cnc45)c(F)c3)CC2)c2ccc(-c3scnc3C)cc2)C(C)C)on1. The maximum absolute atomic E-state index is 15.7. The van der Waals surface area contributed by atoms with Crippen molar-refractivity contribution >= 4 is 58.0 Å². The number of hydrogen-bond donors (Lipinski definition) is 6. The smallest absolute Gasteiger partial charge is 0.254 e. The van der Waals surface area contributed by atoms with Crippen molar-refractivity contribution in [3.63, 3.8) is 0 Å². The molecular weight excluding hydrogens is 1090 g/mol. The summed E-state index contributed by atoms with van der Waals surface area (Å²) in [4.78, 5) is 87.7. The Labute approximate surface area is 482 Å². The Morgan fingerprint density at radius 3 is 2.30 bits per heavy atom. The van der Waals surface area contributed by atoms with Crippen LogP contribution in [-0.2, 0) is 28.7 Å². The number of aliphatic hydroxyl groups excluding tert-OH is 1. The first-order valence-electron chi connectivity index (χ1n) is 28.0. The van der Waals surface area contributed by atoms with E-state index in [0.717, 1.165) is 45.9 Å². The summed E-state index contributed by atoms with van der Waals surface area (Å²) in [5.74, 6) is -2.02. The number of ether oxygens (including phenoxy) is 2. The first-order chi connectivity index (χ1) is 40.2. The molecule has 5 aromatic heterocycles. The van der Waals surface area contributed by atoms with Gasteiger partial charge in [0.2, 0.25) is 23.6 Å². The quantitative estimate of drug-likeness (QED) is 0.0397. The summed E-state index contributed by atoms with van der Waals surface area (Å²) in [6, 6.07) is 11.9. The summed E-state index contributed by atoms with van der Waals surface area (Å²) in [5, 5.41) is 33.5. The van der Waals surface area contributed by atoms with Gasteiger partial charge >= 0.3 is 0 Å². The summed E-state index contributed by atoms with van der Waals surface area (Å²) >= 11 is 1.52. The van der Waals surface area contributed by atoms with Crippen LogP contribution < -0.4 is 21.3 Å². The van der Waals surface area contributed by atoms with E-state index in [0.29, 0.717) is 60.6 Å². The number of carbonyl (C=O) groups excluding carboxylic acids is 5. The zero-order chi connectivity index (χ0) is 58.1. The van der Waals surface area contributed by atoms with Gasteiger partial charge in [-0.05, 0) is 61.9 Å². The molecule has 25 heteroatoms. The van der Waals surface area contributed by atoms with Crippen LogP contribution in [0.15, 0.2) is 83.4 Å². The third-order valence-electron chi connectivity index (χ3n) is 15.1. The van der Waals surface area contributed by atoms with Crippen LogP contribution in [-0.4, -0.2) is 175 Å². The number of aliphatic hydroxyl groups is 1. The molecule has 6 N–H and O–H groups in total. The number of thiazole rings is 1. The van der Waals surface area contributed by atoms with E-state index < -0.39 is 35.8 Å². The maximum Gasteiger partial charge on any atom is 0.254 e. The maximum atomic E-state index is 15.7. The highest BCUT2D eigenvalue weighted by molar-refractivity contribution is 7.13. The van der Waals surface area contributed by atoms with Gasteiger partial charge in [0.15, 0.2) is 11.5 Å². The van der Waals surface area contributed by atoms with Gasteiger partial charge in [-0.1, -0.05) is 43.3 Å². The Balaban J connectivity index is 0.621. The Hall–Kier alpha value is -7.97. The molecule has 3 aliphatic rings. The van der Waals surface area contributed by atoms with Crippen molar-refractivity contribution in [2.24, 2.45) is 5.92 Å². The summed E-state index contributed by atoms with van der Waals surface area (Å²) in [7, 11) is 0. The van der Waals surface area contributed by atoms with E-state index in [1.165, 1.54) is 28.4 Å². The summed E-state index contributed by atoms with van der Waals surface area (Å²) in [6.07, 6.45) is 8.27. The van der Waals surface area contributed by atoms with Gasteiger partial charge in [0, 0.05) is 87.7 Å². The highest BCUT2D eigenvalue weighted by Crippen LogP contribution is 2.41. The van der Waals surface area contributed by atoms with Crippen LogP contribution in [0.3, 0.4) is 0 Å². The molecule has 2 saturated heterocycles. The van der Waals surface area contributed by atoms with Crippen LogP contribution in [0, 0.1) is 25.6 Å². The number of nitrogens with zero attached hydrogens (tertiary/aromatic N) is 9. The lowest BCUT2D eigenvalue weighted by atomic mass is 9.91. The third-order valence-corrected chi connectivity index (χ3v) is 16.1. The number of β-amino-alcohol motifs (C(OH)–C–C–N with tert-alkyl or cyclic N) is 1. The molecule has 5 amide bonds. The molecule has 3 fully saturated rings. The highest BCUT2D eigenvalue weighted by Gasteiger charge is 2.44. The van der Waals surface area contributed by atoms with E-state index in [4.69, 9.17) is 19.0 Å². The number of halogens is 1. The number of likely N-dealkylation sites (tertiary alicyclic amines) is 1. The molecule has 2 aromatic carbocycles. The van der Waals surface area contributed by atoms with E-state index in [1.807, 2.05) is 60.5 Å². The number of hydrogen-bond acceptors (Lipinski definition) is 17. The number of nitrogens with one attached hydrogen (secondary N) is 5. The zero-order valence-corrected chi connectivity index (χ0v) is 47.6. The second-order valence-corrected chi connectivity index (χ2v) is 22.4. The van der Waals surface area contributed by atoms with Gasteiger partial charge in [-0.2, -0.15) is 5.10 Å². The number of rotatable bonds is 25. The first-order valence-corrected chi connectivity index (χ1v) is 28.9. The molecule has 7 heterocycles. The van der Waals surface area contributed by atoms with Crippen LogP contribution in [0.4, 0.5) is 15.9 Å². The summed E-state index contributed by atoms with van der Waals surface area (Å²) < 4.78 is 34.5. The molecule has 438 valence electrons. The van der Waals surface area contributed by atoms with Crippen molar-refractivity contribution in [3.05, 3.63) is 119 Å². The number of amides is 5. The van der Waals surface area contributed by atoms with Gasteiger partial charge in [0.1, 0.15) is 23.5 Å². The number of aromatic amines is 1. The van der Waals surface area contributed by atoms with Crippen LogP contribution in [0.2, 0.25) is 0 Å². The number of H-pyrrole nitrogens is 1. The second-order valence-electron chi connectivity index (χ2n) is 21.6. The molecule has 83 heavy (non-hydrogen) atoms. The Morgan fingerprint density at radius 1 is 0.904 bits per heavy atom. The number of benzene rings is 2. The largest absolute Gasteiger partial charge is 0.391 e. The van der Waals surface area contributed by atoms with E-state index in [1.54, 1.807) is 48.1 Å². The van der Waals surface area contributed by atoms with Crippen LogP contribution in [0.25, 0.3) is 27.3 Å². The lowest BCUT2D eigenvalue weighted by molar-refractivity contribution is -0.141. The van der Waals surface area contributed by atoms with Crippen LogP contribution >= 0.6 is 11.3 Å². The molecule has 7 aromatic rings. The van der Waals surface area contributed by atoms with E-state index in [9.17, 15) is 29.1 Å². The van der Waals surface area contributed by atoms with Gasteiger partial charge in [-0.3, -0.25) is 38.4 Å². The van der Waals surface area contributed by atoms with Gasteiger partial charge in [-0.25, -0.2) is 19.3 Å². The van der Waals surface area contributed by atoms with Gasteiger partial charge in [-0.15, -0.1) is 11.3 Å². The number of imidazole rings is 1. The lowest BCUT2D eigenvalue weighted by Crippen LogP contribution is -2.51. The van der Waals surface area contributed by atoms with Gasteiger partial charge in [0.25, 0.3) is 5.91 Å². The fourth-order valence-corrected chi connectivity index (χ4v) is 11.3. The van der Waals surface area contributed by atoms with Crippen LogP contribution in [0.5, 0.6) is 0 Å². The molecule has 0 unspecified atom stereocenters. The average Bonchev–Trinajstić information content (AvgIpc) is 3.48. The second kappa shape index (κ2) is 26.5. The van der Waals surface area contributed by atoms with Crippen LogP contribution in [0.1, 0.15) is 96.2 Å². The Bertz CT molecular complexity index is 3390.